The van der Waals surface area contributed by atoms with E-state index in [1.54, 1.807) is 12.2 Å². The van der Waals surface area contributed by atoms with Gasteiger partial charge in [0.1, 0.15) is 19.3 Å². The number of aliphatic hydroxyl groups is 2. The van der Waals surface area contributed by atoms with Crippen molar-refractivity contribution in [1.82, 2.24) is 0 Å². The monoisotopic (exact) mass is 452 g/mol. The van der Waals surface area contributed by atoms with Crippen molar-refractivity contribution >= 4 is 17.9 Å². The van der Waals surface area contributed by atoms with Crippen molar-refractivity contribution in [3.63, 3.8) is 0 Å². The lowest BCUT2D eigenvalue weighted by molar-refractivity contribution is -0.144. The topological polar surface area (TPSA) is 119 Å². The fraction of sp³-hybridized carbons (Fsp3) is 0.625. The molecule has 0 aliphatic carbocycles. The van der Waals surface area contributed by atoms with Crippen molar-refractivity contribution in [2.45, 2.75) is 84.5 Å². The van der Waals surface area contributed by atoms with Crippen LogP contribution >= 0.6 is 0 Å². The summed E-state index contributed by atoms with van der Waals surface area (Å²) >= 11 is 0. The molecule has 32 heavy (non-hydrogen) atoms. The van der Waals surface area contributed by atoms with Crippen LogP contribution in [0.15, 0.2) is 34.9 Å². The summed E-state index contributed by atoms with van der Waals surface area (Å²) in [5, 5.41) is 21.2. The highest BCUT2D eigenvalue weighted by Crippen LogP contribution is 2.28. The highest BCUT2D eigenvalue weighted by molar-refractivity contribution is 5.90. The minimum absolute atomic E-state index is 0.0843. The van der Waals surface area contributed by atoms with Gasteiger partial charge in [-0.15, -0.1) is 0 Å². The van der Waals surface area contributed by atoms with Crippen LogP contribution in [0.25, 0.3) is 0 Å². The highest BCUT2D eigenvalue weighted by atomic mass is 16.6. The van der Waals surface area contributed by atoms with E-state index in [2.05, 4.69) is 0 Å². The van der Waals surface area contributed by atoms with E-state index >= 15 is 0 Å². The molecule has 0 aromatic rings. The van der Waals surface area contributed by atoms with Crippen LogP contribution < -0.4 is 0 Å². The van der Waals surface area contributed by atoms with E-state index in [1.165, 1.54) is 20.8 Å². The largest absolute Gasteiger partial charge is 0.462 e. The maximum atomic E-state index is 12.1. The van der Waals surface area contributed by atoms with Crippen molar-refractivity contribution in [1.29, 1.82) is 0 Å². The van der Waals surface area contributed by atoms with Gasteiger partial charge in [0.25, 0.3) is 0 Å². The minimum Gasteiger partial charge on any atom is -0.462 e. The van der Waals surface area contributed by atoms with Crippen molar-refractivity contribution in [3.8, 4) is 0 Å². The molecule has 8 nitrogen and oxygen atoms in total. The molecule has 0 saturated heterocycles. The predicted molar refractivity (Wildman–Crippen MR) is 118 cm³/mol. The summed E-state index contributed by atoms with van der Waals surface area (Å²) in [6.07, 6.45) is 5.76. The Kier molecular flexibility index (Phi) is 11.4. The molecule has 3 atom stereocenters. The number of ether oxygens (including phenoxy) is 3. The number of hydrogen-bond donors (Lipinski definition) is 2. The Bertz CT molecular complexity index is 760. The van der Waals surface area contributed by atoms with Gasteiger partial charge in [0, 0.05) is 25.8 Å². The van der Waals surface area contributed by atoms with E-state index in [4.69, 9.17) is 14.2 Å². The van der Waals surface area contributed by atoms with Gasteiger partial charge in [-0.3, -0.25) is 9.59 Å². The number of cyclic esters (lactones) is 1. The van der Waals surface area contributed by atoms with Gasteiger partial charge in [0.05, 0.1) is 11.7 Å². The quantitative estimate of drug-likeness (QED) is 0.249. The summed E-state index contributed by atoms with van der Waals surface area (Å²) in [7, 11) is 0. The van der Waals surface area contributed by atoms with Crippen molar-refractivity contribution < 1.29 is 38.8 Å². The first kappa shape index (κ1) is 27.6. The molecule has 0 bridgehead atoms. The highest BCUT2D eigenvalue weighted by Gasteiger charge is 2.36. The van der Waals surface area contributed by atoms with Crippen molar-refractivity contribution in [3.05, 3.63) is 34.9 Å². The summed E-state index contributed by atoms with van der Waals surface area (Å²) < 4.78 is 15.1. The van der Waals surface area contributed by atoms with Crippen molar-refractivity contribution in [2.24, 2.45) is 0 Å². The van der Waals surface area contributed by atoms with Gasteiger partial charge in [-0.25, -0.2) is 4.79 Å². The van der Waals surface area contributed by atoms with Gasteiger partial charge in [0.15, 0.2) is 0 Å². The molecule has 0 fully saturated rings. The lowest BCUT2D eigenvalue weighted by Gasteiger charge is -2.30. The van der Waals surface area contributed by atoms with E-state index in [0.717, 1.165) is 11.1 Å². The summed E-state index contributed by atoms with van der Waals surface area (Å²) in [4.78, 5) is 33.7. The Morgan fingerprint density at radius 3 is 2.44 bits per heavy atom. The zero-order valence-corrected chi connectivity index (χ0v) is 19.7. The number of carbonyl (C=O) groups excluding carboxylic acids is 3. The Morgan fingerprint density at radius 2 is 1.81 bits per heavy atom. The van der Waals surface area contributed by atoms with Gasteiger partial charge < -0.3 is 24.4 Å². The van der Waals surface area contributed by atoms with Crippen LogP contribution in [0.2, 0.25) is 0 Å². The van der Waals surface area contributed by atoms with Gasteiger partial charge in [-0.1, -0.05) is 11.6 Å². The normalized spacial score (nSPS) is 19.7. The van der Waals surface area contributed by atoms with Crippen LogP contribution in [0.5, 0.6) is 0 Å². The fourth-order valence-electron chi connectivity index (χ4n) is 3.20. The van der Waals surface area contributed by atoms with Crippen molar-refractivity contribution in [2.75, 3.05) is 13.2 Å². The van der Waals surface area contributed by atoms with Crippen LogP contribution in [0.1, 0.15) is 66.7 Å². The molecular weight excluding hydrogens is 416 g/mol. The summed E-state index contributed by atoms with van der Waals surface area (Å²) in [6.45, 7) is 8.32. The first-order valence-electron chi connectivity index (χ1n) is 10.8. The predicted octanol–water partition coefficient (Wildman–Crippen LogP) is 2.92. The molecule has 0 amide bonds. The van der Waals surface area contributed by atoms with Crippen LogP contribution in [-0.2, 0) is 28.6 Å². The fourth-order valence-corrected chi connectivity index (χ4v) is 3.20. The third-order valence-corrected chi connectivity index (χ3v) is 5.18. The molecule has 180 valence electrons. The van der Waals surface area contributed by atoms with Crippen LogP contribution in [0.3, 0.4) is 0 Å². The maximum absolute atomic E-state index is 12.1. The summed E-state index contributed by atoms with van der Waals surface area (Å²) in [5.74, 6) is -1.12. The first-order valence-corrected chi connectivity index (χ1v) is 10.8. The average molecular weight is 453 g/mol. The number of aliphatic hydroxyl groups excluding tert-OH is 1. The van der Waals surface area contributed by atoms with E-state index in [0.29, 0.717) is 31.3 Å². The summed E-state index contributed by atoms with van der Waals surface area (Å²) in [5.41, 5.74) is 0.925. The molecule has 8 heteroatoms. The van der Waals surface area contributed by atoms with Crippen LogP contribution in [0.4, 0.5) is 0 Å². The standard InChI is InChI=1S/C24H36O8/c1-16(11-12-30-18(3)25)9-10-22(27)24(5,29)14-21-13-20(23(28)32-21)8-6-7-17(2)15-31-19(4)26/h7,11,13,21-22,27,29H,6,8-10,12,14-15H2,1-5H3. The number of esters is 3. The Balaban J connectivity index is 2.52. The van der Waals surface area contributed by atoms with Gasteiger partial charge in [0.2, 0.25) is 0 Å². The molecule has 2 N–H and O–H groups in total. The molecule has 0 aromatic heterocycles. The molecule has 1 aliphatic rings. The molecule has 0 aromatic carbocycles. The Hall–Kier alpha value is -2.45. The van der Waals surface area contributed by atoms with Gasteiger partial charge in [-0.2, -0.15) is 0 Å². The second-order valence-electron chi connectivity index (χ2n) is 8.47. The number of rotatable bonds is 13. The van der Waals surface area contributed by atoms with Gasteiger partial charge in [-0.05, 0) is 64.2 Å². The maximum Gasteiger partial charge on any atom is 0.334 e. The second kappa shape index (κ2) is 13.2. The number of hydrogen-bond acceptors (Lipinski definition) is 8. The molecule has 1 heterocycles. The molecule has 3 unspecified atom stereocenters. The zero-order chi connectivity index (χ0) is 24.3. The van der Waals surface area contributed by atoms with E-state index in [-0.39, 0.29) is 31.6 Å². The molecular formula is C24H36O8. The van der Waals surface area contributed by atoms with E-state index in [1.807, 2.05) is 19.9 Å². The lowest BCUT2D eigenvalue weighted by atomic mass is 9.88. The number of carbonyl (C=O) groups is 3. The first-order chi connectivity index (χ1) is 14.9. The Labute approximate surface area is 189 Å². The average Bonchev–Trinajstić information content (AvgIpc) is 3.02. The van der Waals surface area contributed by atoms with Crippen LogP contribution in [0, 0.1) is 0 Å². The second-order valence-corrected chi connectivity index (χ2v) is 8.47. The molecule has 0 spiro atoms. The van der Waals surface area contributed by atoms with E-state index in [9.17, 15) is 24.6 Å². The third kappa shape index (κ3) is 10.7. The molecule has 1 aliphatic heterocycles. The molecule has 0 radical (unpaired) electrons. The summed E-state index contributed by atoms with van der Waals surface area (Å²) in [6, 6.07) is 0. The SMILES string of the molecule is CC(=O)OCC=C(C)CCC(O)C(C)(O)CC1C=C(CCC=C(C)COC(C)=O)C(=O)O1. The third-order valence-electron chi connectivity index (χ3n) is 5.18. The molecule has 0 saturated carbocycles. The number of allylic oxidation sites excluding steroid dienone is 2. The van der Waals surface area contributed by atoms with Crippen LogP contribution in [-0.4, -0.2) is 59.1 Å². The minimum atomic E-state index is -1.44. The Morgan fingerprint density at radius 1 is 1.16 bits per heavy atom. The molecule has 1 rings (SSSR count). The smallest absolute Gasteiger partial charge is 0.334 e. The lowest BCUT2D eigenvalue weighted by Crippen LogP contribution is -2.42. The van der Waals surface area contributed by atoms with Gasteiger partial charge >= 0.3 is 17.9 Å². The zero-order valence-electron chi connectivity index (χ0n) is 19.7. The van der Waals surface area contributed by atoms with E-state index < -0.39 is 23.8 Å².